The lowest BCUT2D eigenvalue weighted by Crippen LogP contribution is -2.39. The monoisotopic (exact) mass is 496 g/mol. The van der Waals surface area contributed by atoms with E-state index in [1.165, 1.54) is 4.57 Å². The molecule has 182 valence electrons. The maximum absolute atomic E-state index is 13.5. The van der Waals surface area contributed by atoms with Crippen LogP contribution in [0.5, 0.6) is 5.88 Å². The van der Waals surface area contributed by atoms with Gasteiger partial charge < -0.3 is 10.4 Å². The fourth-order valence-electron chi connectivity index (χ4n) is 4.42. The summed E-state index contributed by atoms with van der Waals surface area (Å²) in [4.78, 5) is 16.6. The number of hydrogen-bond acceptors (Lipinski definition) is 6. The first-order valence-corrected chi connectivity index (χ1v) is 12.1. The molecule has 0 amide bonds. The Balaban J connectivity index is 1.82. The van der Waals surface area contributed by atoms with E-state index in [0.717, 1.165) is 53.8 Å². The number of aromatic hydroxyl groups is 1. The van der Waals surface area contributed by atoms with Gasteiger partial charge in [-0.1, -0.05) is 0 Å². The van der Waals surface area contributed by atoms with Crippen LogP contribution >= 0.6 is 0 Å². The Hall–Kier alpha value is -3.12. The average Bonchev–Trinajstić information content (AvgIpc) is 3.03. The third-order valence-electron chi connectivity index (χ3n) is 6.11. The van der Waals surface area contributed by atoms with Crippen LogP contribution in [0.3, 0.4) is 0 Å². The Kier molecular flexibility index (Phi) is 6.30. The van der Waals surface area contributed by atoms with Crippen LogP contribution in [-0.4, -0.2) is 46.2 Å². The van der Waals surface area contributed by atoms with Crippen LogP contribution in [0.15, 0.2) is 58.5 Å². The van der Waals surface area contributed by atoms with Crippen molar-refractivity contribution in [2.24, 2.45) is 5.92 Å². The topological polar surface area (TPSA) is 106 Å². The van der Waals surface area contributed by atoms with Crippen molar-refractivity contribution in [1.82, 2.24) is 19.4 Å². The van der Waals surface area contributed by atoms with E-state index in [1.807, 2.05) is 0 Å². The van der Waals surface area contributed by atoms with Crippen LogP contribution in [0.1, 0.15) is 30.1 Å². The van der Waals surface area contributed by atoms with Gasteiger partial charge in [0, 0.05) is 18.9 Å². The molecule has 1 fully saturated rings. The first-order chi connectivity index (χ1) is 16.0. The predicted molar refractivity (Wildman–Crippen MR) is 118 cm³/mol. The van der Waals surface area contributed by atoms with Crippen molar-refractivity contribution in [2.75, 3.05) is 13.1 Å². The predicted octanol–water partition coefficient (Wildman–Crippen LogP) is 2.93. The molecule has 2 aromatic heterocycles. The third-order valence-corrected chi connectivity index (χ3v) is 7.61. The van der Waals surface area contributed by atoms with Crippen LogP contribution in [0, 0.1) is 12.8 Å². The molecule has 8 nitrogen and oxygen atoms in total. The van der Waals surface area contributed by atoms with Gasteiger partial charge in [0.1, 0.15) is 0 Å². The molecule has 3 heterocycles. The summed E-state index contributed by atoms with van der Waals surface area (Å²) in [5, 5.41) is 14.2. The summed E-state index contributed by atoms with van der Waals surface area (Å²) in [5.41, 5.74) is -4.88. The molecule has 2 N–H and O–H groups in total. The number of nitrogens with one attached hydrogen (secondary N) is 1. The van der Waals surface area contributed by atoms with E-state index >= 15 is 0 Å². The van der Waals surface area contributed by atoms with Crippen molar-refractivity contribution in [3.63, 3.8) is 0 Å². The van der Waals surface area contributed by atoms with Gasteiger partial charge in [0.05, 0.1) is 22.3 Å². The Labute approximate surface area is 193 Å². The van der Waals surface area contributed by atoms with E-state index in [-0.39, 0.29) is 23.2 Å². The molecule has 1 saturated heterocycles. The van der Waals surface area contributed by atoms with E-state index in [4.69, 9.17) is 0 Å². The van der Waals surface area contributed by atoms with Gasteiger partial charge >= 0.3 is 11.2 Å². The third kappa shape index (κ3) is 4.11. The quantitative estimate of drug-likeness (QED) is 0.563. The van der Waals surface area contributed by atoms with Gasteiger partial charge in [-0.3, -0.25) is 9.55 Å². The number of aromatic nitrogens is 3. The summed E-state index contributed by atoms with van der Waals surface area (Å²) >= 11 is 0. The molecule has 2 unspecified atom stereocenters. The number of benzene rings is 1. The molecule has 0 aliphatic carbocycles. The number of pyridine rings is 1. The molecule has 12 heteroatoms. The SMILES string of the molecule is Cc1c(O)n(-c2ccc(S(=O)(=O)C(F)(F)F)cc2)c(=O)n1C(c1ccncc1)C1CCCNC1. The molecule has 0 radical (unpaired) electrons. The molecule has 1 aliphatic heterocycles. The molecule has 0 bridgehead atoms. The van der Waals surface area contributed by atoms with E-state index in [0.29, 0.717) is 6.54 Å². The van der Waals surface area contributed by atoms with Crippen molar-refractivity contribution >= 4 is 9.84 Å². The van der Waals surface area contributed by atoms with E-state index in [2.05, 4.69) is 10.3 Å². The highest BCUT2D eigenvalue weighted by atomic mass is 32.2. The van der Waals surface area contributed by atoms with Crippen LogP contribution in [0.2, 0.25) is 0 Å². The minimum absolute atomic E-state index is 0.0423. The number of piperidine rings is 1. The number of imidazole rings is 1. The Morgan fingerprint density at radius 1 is 1.15 bits per heavy atom. The molecule has 1 aromatic carbocycles. The second-order valence-corrected chi connectivity index (χ2v) is 10.1. The zero-order valence-electron chi connectivity index (χ0n) is 18.2. The summed E-state index contributed by atoms with van der Waals surface area (Å²) in [6.45, 7) is 3.11. The molecule has 4 rings (SSSR count). The number of sulfone groups is 1. The molecule has 0 spiro atoms. The van der Waals surface area contributed by atoms with Gasteiger partial charge in [0.15, 0.2) is 0 Å². The zero-order valence-corrected chi connectivity index (χ0v) is 19.0. The van der Waals surface area contributed by atoms with Crippen molar-refractivity contribution in [1.29, 1.82) is 0 Å². The number of alkyl halides is 3. The lowest BCUT2D eigenvalue weighted by Gasteiger charge is -2.32. The maximum Gasteiger partial charge on any atom is 0.501 e. The molecule has 2 atom stereocenters. The number of nitrogens with zero attached hydrogens (tertiary/aromatic N) is 3. The standard InChI is InChI=1S/C22H23F3N4O4S/c1-14-20(30)29(17-4-6-18(7-5-17)34(32,33)22(23,24)25)21(31)28(14)19(15-8-11-26-12-9-15)16-3-2-10-27-13-16/h4-9,11-12,16,19,27,30H,2-3,10,13H2,1H3. The lowest BCUT2D eigenvalue weighted by molar-refractivity contribution is -0.0436. The van der Waals surface area contributed by atoms with Gasteiger partial charge in [-0.15, -0.1) is 0 Å². The summed E-state index contributed by atoms with van der Waals surface area (Å²) in [6, 6.07) is 6.84. The molecule has 1 aliphatic rings. The van der Waals surface area contributed by atoms with Crippen LogP contribution in [0.4, 0.5) is 13.2 Å². The molecular weight excluding hydrogens is 473 g/mol. The smallest absolute Gasteiger partial charge is 0.493 e. The fourth-order valence-corrected chi connectivity index (χ4v) is 5.18. The van der Waals surface area contributed by atoms with Gasteiger partial charge in [-0.2, -0.15) is 13.2 Å². The molecule has 0 saturated carbocycles. The second-order valence-electron chi connectivity index (χ2n) is 8.17. The summed E-state index contributed by atoms with van der Waals surface area (Å²) in [7, 11) is -5.53. The summed E-state index contributed by atoms with van der Waals surface area (Å²) in [6.07, 6.45) is 5.01. The Morgan fingerprint density at radius 2 is 1.79 bits per heavy atom. The van der Waals surface area contributed by atoms with Crippen LogP contribution < -0.4 is 11.0 Å². The lowest BCUT2D eigenvalue weighted by atomic mass is 9.87. The normalized spacial score (nSPS) is 18.1. The van der Waals surface area contributed by atoms with E-state index in [9.17, 15) is 31.5 Å². The van der Waals surface area contributed by atoms with E-state index < -0.39 is 32.0 Å². The van der Waals surface area contributed by atoms with Crippen molar-refractivity contribution in [3.05, 3.63) is 70.5 Å². The van der Waals surface area contributed by atoms with Gasteiger partial charge in [-0.05, 0) is 74.2 Å². The average molecular weight is 497 g/mol. The number of halogens is 3. The minimum atomic E-state index is -5.53. The van der Waals surface area contributed by atoms with Gasteiger partial charge in [-0.25, -0.2) is 17.8 Å². The van der Waals surface area contributed by atoms with Crippen LogP contribution in [0.25, 0.3) is 5.69 Å². The molecule has 3 aromatic rings. The van der Waals surface area contributed by atoms with Crippen molar-refractivity contribution < 1.29 is 26.7 Å². The highest BCUT2D eigenvalue weighted by molar-refractivity contribution is 7.92. The highest BCUT2D eigenvalue weighted by Gasteiger charge is 2.46. The van der Waals surface area contributed by atoms with Crippen LogP contribution in [-0.2, 0) is 9.84 Å². The van der Waals surface area contributed by atoms with Gasteiger partial charge in [0.25, 0.3) is 9.84 Å². The minimum Gasteiger partial charge on any atom is -0.493 e. The zero-order chi connectivity index (χ0) is 24.7. The number of rotatable bonds is 5. The summed E-state index contributed by atoms with van der Waals surface area (Å²) < 4.78 is 64.3. The summed E-state index contributed by atoms with van der Waals surface area (Å²) in [5.74, 6) is -0.332. The Bertz CT molecular complexity index is 1330. The second kappa shape index (κ2) is 8.91. The maximum atomic E-state index is 13.5. The van der Waals surface area contributed by atoms with Crippen molar-refractivity contribution in [2.45, 2.75) is 36.2 Å². The van der Waals surface area contributed by atoms with Crippen molar-refractivity contribution in [3.8, 4) is 11.6 Å². The number of hydrogen-bond donors (Lipinski definition) is 2. The molecule has 34 heavy (non-hydrogen) atoms. The largest absolute Gasteiger partial charge is 0.501 e. The molecular formula is C22H23F3N4O4S. The first-order valence-electron chi connectivity index (χ1n) is 10.6. The highest BCUT2D eigenvalue weighted by Crippen LogP contribution is 2.34. The van der Waals surface area contributed by atoms with Gasteiger partial charge in [0.2, 0.25) is 5.88 Å². The van der Waals surface area contributed by atoms with E-state index in [1.54, 1.807) is 31.5 Å². The Morgan fingerprint density at radius 3 is 2.35 bits per heavy atom. The first kappa shape index (κ1) is 24.0. The fraction of sp³-hybridized carbons (Fsp3) is 0.364.